The Bertz CT molecular complexity index is 562. The molecule has 2 aromatic rings. The Hall–Kier alpha value is -1.54. The van der Waals surface area contributed by atoms with E-state index in [1.807, 2.05) is 19.1 Å². The van der Waals surface area contributed by atoms with Crippen molar-refractivity contribution in [3.05, 3.63) is 58.4 Å². The van der Waals surface area contributed by atoms with Gasteiger partial charge in [-0.05, 0) is 42.5 Å². The first-order valence-corrected chi connectivity index (χ1v) is 7.37. The minimum Gasteiger partial charge on any atom is -0.380 e. The highest BCUT2D eigenvalue weighted by atomic mass is 35.5. The fourth-order valence-corrected chi connectivity index (χ4v) is 2.37. The normalized spacial score (nSPS) is 10.8. The van der Waals surface area contributed by atoms with Gasteiger partial charge in [-0.3, -0.25) is 0 Å². The van der Waals surface area contributed by atoms with E-state index in [9.17, 15) is 0 Å². The molecule has 1 aromatic heterocycles. The second-order valence-corrected chi connectivity index (χ2v) is 5.92. The summed E-state index contributed by atoms with van der Waals surface area (Å²) in [5.41, 5.74) is 4.62. The molecule has 0 saturated carbocycles. The van der Waals surface area contributed by atoms with E-state index in [-0.39, 0.29) is 0 Å². The third kappa shape index (κ3) is 4.24. The molecule has 3 heteroatoms. The molecule has 0 aliphatic carbocycles. The van der Waals surface area contributed by atoms with Crippen LogP contribution < -0.4 is 5.32 Å². The summed E-state index contributed by atoms with van der Waals surface area (Å²) in [6, 6.07) is 12.6. The van der Waals surface area contributed by atoms with Crippen molar-refractivity contribution in [3.63, 3.8) is 0 Å². The minimum atomic E-state index is 0.533. The van der Waals surface area contributed by atoms with Crippen LogP contribution in [0.2, 0.25) is 5.15 Å². The maximum absolute atomic E-state index is 5.85. The molecule has 0 bridgehead atoms. The standard InChI is InChI=1S/C17H21ClN2/c1-12(2)10-14-4-6-15(7-5-14)11-19-16-8-9-17(18)20-13(16)3/h4-9,12,19H,10-11H2,1-3H3. The van der Waals surface area contributed by atoms with E-state index in [0.29, 0.717) is 11.1 Å². The highest BCUT2D eigenvalue weighted by Gasteiger charge is 2.01. The summed E-state index contributed by atoms with van der Waals surface area (Å²) >= 11 is 5.85. The first kappa shape index (κ1) is 14.9. The quantitative estimate of drug-likeness (QED) is 0.795. The van der Waals surface area contributed by atoms with Crippen LogP contribution in [0.3, 0.4) is 0 Å². The number of aromatic nitrogens is 1. The number of aryl methyl sites for hydroxylation is 1. The first-order valence-electron chi connectivity index (χ1n) is 6.99. The van der Waals surface area contributed by atoms with Crippen LogP contribution >= 0.6 is 11.6 Å². The number of anilines is 1. The molecule has 106 valence electrons. The number of benzene rings is 1. The molecule has 0 aliphatic rings. The summed E-state index contributed by atoms with van der Waals surface area (Å²) in [4.78, 5) is 4.24. The molecule has 0 aliphatic heterocycles. The topological polar surface area (TPSA) is 24.9 Å². The van der Waals surface area contributed by atoms with Crippen LogP contribution in [-0.2, 0) is 13.0 Å². The van der Waals surface area contributed by atoms with Crippen molar-refractivity contribution in [2.45, 2.75) is 33.7 Å². The third-order valence-electron chi connectivity index (χ3n) is 3.20. The van der Waals surface area contributed by atoms with Crippen molar-refractivity contribution in [1.82, 2.24) is 4.98 Å². The Balaban J connectivity index is 1.96. The van der Waals surface area contributed by atoms with E-state index < -0.39 is 0 Å². The predicted octanol–water partition coefficient (Wildman–Crippen LogP) is 4.85. The van der Waals surface area contributed by atoms with Gasteiger partial charge in [0.25, 0.3) is 0 Å². The van der Waals surface area contributed by atoms with Crippen LogP contribution in [0.25, 0.3) is 0 Å². The van der Waals surface area contributed by atoms with Gasteiger partial charge in [-0.25, -0.2) is 4.98 Å². The van der Waals surface area contributed by atoms with E-state index in [4.69, 9.17) is 11.6 Å². The molecule has 0 saturated heterocycles. The van der Waals surface area contributed by atoms with Gasteiger partial charge in [0, 0.05) is 6.54 Å². The molecule has 0 fully saturated rings. The Morgan fingerprint density at radius 1 is 1.05 bits per heavy atom. The molecule has 2 rings (SSSR count). The molecule has 1 aromatic carbocycles. The molecule has 0 atom stereocenters. The number of pyridine rings is 1. The lowest BCUT2D eigenvalue weighted by atomic mass is 10.0. The van der Waals surface area contributed by atoms with E-state index in [1.165, 1.54) is 11.1 Å². The zero-order valence-electron chi connectivity index (χ0n) is 12.3. The van der Waals surface area contributed by atoms with Gasteiger partial charge in [-0.2, -0.15) is 0 Å². The van der Waals surface area contributed by atoms with Crippen molar-refractivity contribution in [3.8, 4) is 0 Å². The van der Waals surface area contributed by atoms with Crippen LogP contribution in [0.15, 0.2) is 36.4 Å². The van der Waals surface area contributed by atoms with E-state index in [0.717, 1.165) is 24.3 Å². The SMILES string of the molecule is Cc1nc(Cl)ccc1NCc1ccc(CC(C)C)cc1. The predicted molar refractivity (Wildman–Crippen MR) is 86.3 cm³/mol. The lowest BCUT2D eigenvalue weighted by Crippen LogP contribution is -2.02. The number of rotatable bonds is 5. The fourth-order valence-electron chi connectivity index (χ4n) is 2.18. The average Bonchev–Trinajstić information content (AvgIpc) is 2.39. The highest BCUT2D eigenvalue weighted by Crippen LogP contribution is 2.17. The first-order chi connectivity index (χ1) is 9.54. The molecule has 0 spiro atoms. The summed E-state index contributed by atoms with van der Waals surface area (Å²) in [5, 5.41) is 3.93. The van der Waals surface area contributed by atoms with Crippen molar-refractivity contribution >= 4 is 17.3 Å². The van der Waals surface area contributed by atoms with Gasteiger partial charge in [0.2, 0.25) is 0 Å². The smallest absolute Gasteiger partial charge is 0.129 e. The third-order valence-corrected chi connectivity index (χ3v) is 3.41. The van der Waals surface area contributed by atoms with Gasteiger partial charge < -0.3 is 5.32 Å². The molecule has 1 heterocycles. The Morgan fingerprint density at radius 3 is 2.30 bits per heavy atom. The lowest BCUT2D eigenvalue weighted by molar-refractivity contribution is 0.647. The monoisotopic (exact) mass is 288 g/mol. The lowest BCUT2D eigenvalue weighted by Gasteiger charge is -2.10. The van der Waals surface area contributed by atoms with E-state index in [1.54, 1.807) is 0 Å². The summed E-state index contributed by atoms with van der Waals surface area (Å²) in [6.45, 7) is 7.24. The molecule has 0 radical (unpaired) electrons. The van der Waals surface area contributed by atoms with Crippen molar-refractivity contribution in [2.24, 2.45) is 5.92 Å². The second-order valence-electron chi connectivity index (χ2n) is 5.53. The number of hydrogen-bond acceptors (Lipinski definition) is 2. The largest absolute Gasteiger partial charge is 0.380 e. The number of nitrogens with zero attached hydrogens (tertiary/aromatic N) is 1. The van der Waals surface area contributed by atoms with Gasteiger partial charge >= 0.3 is 0 Å². The minimum absolute atomic E-state index is 0.533. The summed E-state index contributed by atoms with van der Waals surface area (Å²) < 4.78 is 0. The Labute approximate surface area is 126 Å². The molecule has 0 amide bonds. The maximum Gasteiger partial charge on any atom is 0.129 e. The summed E-state index contributed by atoms with van der Waals surface area (Å²) in [7, 11) is 0. The van der Waals surface area contributed by atoms with Crippen LogP contribution in [0.1, 0.15) is 30.7 Å². The van der Waals surface area contributed by atoms with Crippen LogP contribution in [0.5, 0.6) is 0 Å². The van der Waals surface area contributed by atoms with Gasteiger partial charge in [0.1, 0.15) is 5.15 Å². The van der Waals surface area contributed by atoms with Crippen LogP contribution in [0.4, 0.5) is 5.69 Å². The van der Waals surface area contributed by atoms with E-state index in [2.05, 4.69) is 48.4 Å². The van der Waals surface area contributed by atoms with Gasteiger partial charge in [0.05, 0.1) is 11.4 Å². The highest BCUT2D eigenvalue weighted by molar-refractivity contribution is 6.29. The molecule has 2 nitrogen and oxygen atoms in total. The molecule has 0 unspecified atom stereocenters. The van der Waals surface area contributed by atoms with Crippen molar-refractivity contribution in [2.75, 3.05) is 5.32 Å². The van der Waals surface area contributed by atoms with Gasteiger partial charge in [0.15, 0.2) is 0 Å². The molecular weight excluding hydrogens is 268 g/mol. The number of hydrogen-bond donors (Lipinski definition) is 1. The van der Waals surface area contributed by atoms with E-state index >= 15 is 0 Å². The molecule has 20 heavy (non-hydrogen) atoms. The van der Waals surface area contributed by atoms with Gasteiger partial charge in [-0.15, -0.1) is 0 Å². The summed E-state index contributed by atoms with van der Waals surface area (Å²) in [6.07, 6.45) is 1.13. The molecular formula is C17H21ClN2. The fraction of sp³-hybridized carbons (Fsp3) is 0.353. The van der Waals surface area contributed by atoms with Gasteiger partial charge in [-0.1, -0.05) is 49.7 Å². The van der Waals surface area contributed by atoms with Crippen molar-refractivity contribution < 1.29 is 0 Å². The van der Waals surface area contributed by atoms with Crippen LogP contribution in [-0.4, -0.2) is 4.98 Å². The summed E-state index contributed by atoms with van der Waals surface area (Å²) in [5.74, 6) is 0.696. The zero-order valence-corrected chi connectivity index (χ0v) is 13.0. The Kier molecular flexibility index (Phi) is 5.02. The van der Waals surface area contributed by atoms with Crippen molar-refractivity contribution in [1.29, 1.82) is 0 Å². The average molecular weight is 289 g/mol. The zero-order chi connectivity index (χ0) is 14.5. The second kappa shape index (κ2) is 6.76. The Morgan fingerprint density at radius 2 is 1.70 bits per heavy atom. The molecule has 1 N–H and O–H groups in total. The maximum atomic E-state index is 5.85. The number of halogens is 1. The number of nitrogens with one attached hydrogen (secondary N) is 1. The van der Waals surface area contributed by atoms with Crippen LogP contribution in [0, 0.1) is 12.8 Å².